The summed E-state index contributed by atoms with van der Waals surface area (Å²) in [4.78, 5) is 27.7. The number of aryl methyl sites for hydroxylation is 1. The molecule has 1 aliphatic heterocycles. The van der Waals surface area contributed by atoms with Gasteiger partial charge in [-0.1, -0.05) is 72.3 Å². The molecule has 5 nitrogen and oxygen atoms in total. The zero-order valence-electron chi connectivity index (χ0n) is 18.5. The molecule has 32 heavy (non-hydrogen) atoms. The highest BCUT2D eigenvalue weighted by Crippen LogP contribution is 2.40. The quantitative estimate of drug-likeness (QED) is 0.340. The van der Waals surface area contributed by atoms with E-state index in [1.807, 2.05) is 81.4 Å². The Morgan fingerprint density at radius 1 is 1.03 bits per heavy atom. The lowest BCUT2D eigenvalue weighted by atomic mass is 9.93. The van der Waals surface area contributed by atoms with E-state index in [2.05, 4.69) is 0 Å². The fraction of sp³-hybridized carbons (Fsp3) is 0.259. The number of benzene rings is 3. The number of carbonyl (C=O) groups is 2. The molecule has 0 spiro atoms. The number of rotatable bonds is 6. The minimum atomic E-state index is -0.676. The van der Waals surface area contributed by atoms with Crippen LogP contribution >= 0.6 is 0 Å². The molecule has 1 aliphatic rings. The zero-order valence-corrected chi connectivity index (χ0v) is 18.5. The lowest BCUT2D eigenvalue weighted by Crippen LogP contribution is -2.33. The van der Waals surface area contributed by atoms with Crippen molar-refractivity contribution in [2.24, 2.45) is 0 Å². The number of aliphatic hydroxyl groups excluding tert-OH is 1. The van der Waals surface area contributed by atoms with Crippen LogP contribution in [0.4, 0.5) is 0 Å². The van der Waals surface area contributed by atoms with Crippen LogP contribution in [0.1, 0.15) is 36.6 Å². The molecular formula is C27H27NO4. The minimum absolute atomic E-state index is 0.0138. The first-order chi connectivity index (χ1) is 15.4. The minimum Gasteiger partial charge on any atom is -0.507 e. The maximum Gasteiger partial charge on any atom is 0.295 e. The van der Waals surface area contributed by atoms with Gasteiger partial charge in [-0.15, -0.1) is 0 Å². The van der Waals surface area contributed by atoms with Gasteiger partial charge < -0.3 is 14.7 Å². The topological polar surface area (TPSA) is 66.8 Å². The molecule has 1 heterocycles. The van der Waals surface area contributed by atoms with E-state index in [0.29, 0.717) is 12.2 Å². The second kappa shape index (κ2) is 8.97. The van der Waals surface area contributed by atoms with Crippen LogP contribution in [0.2, 0.25) is 0 Å². The van der Waals surface area contributed by atoms with Crippen LogP contribution < -0.4 is 0 Å². The molecule has 0 aliphatic carbocycles. The zero-order chi connectivity index (χ0) is 22.8. The van der Waals surface area contributed by atoms with Crippen LogP contribution in [0.15, 0.2) is 72.3 Å². The van der Waals surface area contributed by atoms with Gasteiger partial charge in [-0.3, -0.25) is 9.59 Å². The average Bonchev–Trinajstić information content (AvgIpc) is 3.03. The molecule has 4 rings (SSSR count). The summed E-state index contributed by atoms with van der Waals surface area (Å²) in [6.07, 6.45) is 0.0138. The molecule has 3 aromatic carbocycles. The van der Waals surface area contributed by atoms with E-state index in [1.165, 1.54) is 4.90 Å². The van der Waals surface area contributed by atoms with E-state index in [9.17, 15) is 14.7 Å². The third-order valence-electron chi connectivity index (χ3n) is 5.73. The van der Waals surface area contributed by atoms with Gasteiger partial charge in [-0.2, -0.15) is 0 Å². The first-order valence-corrected chi connectivity index (χ1v) is 10.8. The van der Waals surface area contributed by atoms with E-state index in [-0.39, 0.29) is 24.0 Å². The Bertz CT molecular complexity index is 1210. The average molecular weight is 430 g/mol. The molecule has 0 saturated carbocycles. The normalized spacial score (nSPS) is 18.1. The van der Waals surface area contributed by atoms with Crippen molar-refractivity contribution >= 4 is 28.2 Å². The molecule has 1 atom stereocenters. The van der Waals surface area contributed by atoms with Crippen LogP contribution in [0, 0.1) is 6.92 Å². The summed E-state index contributed by atoms with van der Waals surface area (Å²) in [6, 6.07) is 20.2. The summed E-state index contributed by atoms with van der Waals surface area (Å²) >= 11 is 0. The van der Waals surface area contributed by atoms with Crippen molar-refractivity contribution in [3.63, 3.8) is 0 Å². The van der Waals surface area contributed by atoms with Crippen LogP contribution in [-0.4, -0.2) is 41.0 Å². The lowest BCUT2D eigenvalue weighted by molar-refractivity contribution is -0.140. The Morgan fingerprint density at radius 3 is 2.50 bits per heavy atom. The van der Waals surface area contributed by atoms with Gasteiger partial charge in [-0.25, -0.2) is 0 Å². The molecule has 164 valence electrons. The largest absolute Gasteiger partial charge is 0.507 e. The molecule has 1 fully saturated rings. The molecule has 5 heteroatoms. The molecule has 0 radical (unpaired) electrons. The number of likely N-dealkylation sites (tertiary alicyclic amines) is 1. The number of ether oxygens (including phenoxy) is 1. The van der Waals surface area contributed by atoms with Gasteiger partial charge in [0, 0.05) is 12.1 Å². The van der Waals surface area contributed by atoms with Gasteiger partial charge >= 0.3 is 0 Å². The molecule has 0 bridgehead atoms. The maximum atomic E-state index is 13.2. The van der Waals surface area contributed by atoms with Crippen molar-refractivity contribution in [1.82, 2.24) is 4.90 Å². The molecule has 3 aromatic rings. The van der Waals surface area contributed by atoms with Crippen molar-refractivity contribution in [2.45, 2.75) is 32.9 Å². The first kappa shape index (κ1) is 21.8. The van der Waals surface area contributed by atoms with Gasteiger partial charge in [0.25, 0.3) is 11.7 Å². The van der Waals surface area contributed by atoms with E-state index < -0.39 is 17.7 Å². The third-order valence-corrected chi connectivity index (χ3v) is 5.73. The fourth-order valence-electron chi connectivity index (χ4n) is 4.26. The number of fused-ring (bicyclic) bond motifs is 1. The molecular weight excluding hydrogens is 402 g/mol. The second-order valence-electron chi connectivity index (χ2n) is 8.35. The van der Waals surface area contributed by atoms with Crippen LogP contribution in [0.3, 0.4) is 0 Å². The van der Waals surface area contributed by atoms with Crippen molar-refractivity contribution in [3.05, 3.63) is 89.0 Å². The number of amides is 1. The molecule has 1 amide bonds. The number of Topliss-reactive ketones (excluding diaryl/α,β-unsaturated/α-hetero) is 1. The summed E-state index contributed by atoms with van der Waals surface area (Å²) in [5, 5.41) is 13.2. The summed E-state index contributed by atoms with van der Waals surface area (Å²) in [6.45, 7) is 6.37. The first-order valence-electron chi connectivity index (χ1n) is 10.8. The molecule has 1 N–H and O–H groups in total. The number of hydrogen-bond donors (Lipinski definition) is 1. The van der Waals surface area contributed by atoms with Gasteiger partial charge in [0.1, 0.15) is 5.76 Å². The van der Waals surface area contributed by atoms with Crippen molar-refractivity contribution < 1.29 is 19.4 Å². The van der Waals surface area contributed by atoms with Gasteiger partial charge in [0.15, 0.2) is 0 Å². The Kier molecular flexibility index (Phi) is 6.10. The predicted molar refractivity (Wildman–Crippen MR) is 125 cm³/mol. The van der Waals surface area contributed by atoms with Gasteiger partial charge in [0.2, 0.25) is 0 Å². The summed E-state index contributed by atoms with van der Waals surface area (Å²) in [5.41, 5.74) is 2.45. The smallest absolute Gasteiger partial charge is 0.295 e. The van der Waals surface area contributed by atoms with Crippen molar-refractivity contribution in [3.8, 4) is 0 Å². The number of hydrogen-bond acceptors (Lipinski definition) is 4. The second-order valence-corrected chi connectivity index (χ2v) is 8.35. The van der Waals surface area contributed by atoms with E-state index in [1.54, 1.807) is 6.07 Å². The Hall–Kier alpha value is -3.44. The predicted octanol–water partition coefficient (Wildman–Crippen LogP) is 4.99. The van der Waals surface area contributed by atoms with Gasteiger partial charge in [-0.05, 0) is 37.1 Å². The Morgan fingerprint density at radius 2 is 1.75 bits per heavy atom. The number of ketones is 1. The van der Waals surface area contributed by atoms with Crippen LogP contribution in [-0.2, 0) is 14.3 Å². The lowest BCUT2D eigenvalue weighted by Gasteiger charge is -2.26. The van der Waals surface area contributed by atoms with Crippen LogP contribution in [0.25, 0.3) is 16.5 Å². The summed E-state index contributed by atoms with van der Waals surface area (Å²) in [7, 11) is 0. The van der Waals surface area contributed by atoms with Crippen molar-refractivity contribution in [1.29, 1.82) is 0 Å². The highest BCUT2D eigenvalue weighted by molar-refractivity contribution is 6.46. The number of nitrogens with zero attached hydrogens (tertiary/aromatic N) is 1. The molecule has 1 saturated heterocycles. The highest BCUT2D eigenvalue weighted by atomic mass is 16.5. The molecule has 1 unspecified atom stereocenters. The summed E-state index contributed by atoms with van der Waals surface area (Å²) in [5.74, 6) is -1.45. The highest BCUT2D eigenvalue weighted by Gasteiger charge is 2.46. The standard InChI is InChI=1S/C27H27NO4/c1-17(2)32-15-14-28-24(20-11-6-8-18(3)16-20)23(26(30)27(28)31)25(29)22-13-7-10-19-9-4-5-12-21(19)22/h4-13,16-17,24,29H,14-15H2,1-3H3/b25-23-. The fourth-order valence-corrected chi connectivity index (χ4v) is 4.26. The monoisotopic (exact) mass is 429 g/mol. The maximum absolute atomic E-state index is 13.2. The SMILES string of the molecule is Cc1cccc(C2/C(=C(/O)c3cccc4ccccc34)C(=O)C(=O)N2CCOC(C)C)c1. The summed E-state index contributed by atoms with van der Waals surface area (Å²) < 4.78 is 5.65. The van der Waals surface area contributed by atoms with Gasteiger partial charge in [0.05, 0.1) is 24.3 Å². The van der Waals surface area contributed by atoms with E-state index in [0.717, 1.165) is 21.9 Å². The Labute approximate surface area is 187 Å². The van der Waals surface area contributed by atoms with Crippen LogP contribution in [0.5, 0.6) is 0 Å². The van der Waals surface area contributed by atoms with E-state index >= 15 is 0 Å². The van der Waals surface area contributed by atoms with E-state index in [4.69, 9.17) is 4.74 Å². The third kappa shape index (κ3) is 4.04. The number of aliphatic hydroxyl groups is 1. The van der Waals surface area contributed by atoms with Crippen molar-refractivity contribution in [2.75, 3.05) is 13.2 Å². The number of carbonyl (C=O) groups excluding carboxylic acids is 2. The molecule has 0 aromatic heterocycles. The Balaban J connectivity index is 1.88.